The third-order valence-corrected chi connectivity index (χ3v) is 2.96. The Morgan fingerprint density at radius 1 is 1.50 bits per heavy atom. The SMILES string of the molecule is COC(=O)C(=O)N(C)CC1CCCN(C)C1. The molecule has 5 heteroatoms. The number of ether oxygens (including phenoxy) is 1. The summed E-state index contributed by atoms with van der Waals surface area (Å²) in [5, 5.41) is 0. The molecule has 0 N–H and O–H groups in total. The third kappa shape index (κ3) is 3.48. The number of methoxy groups -OCH3 is 1. The molecule has 92 valence electrons. The molecule has 0 aliphatic carbocycles. The highest BCUT2D eigenvalue weighted by Gasteiger charge is 2.24. The van der Waals surface area contributed by atoms with Gasteiger partial charge in [-0.2, -0.15) is 0 Å². The van der Waals surface area contributed by atoms with Gasteiger partial charge in [0, 0.05) is 20.1 Å². The number of nitrogens with zero attached hydrogens (tertiary/aromatic N) is 2. The summed E-state index contributed by atoms with van der Waals surface area (Å²) in [6.07, 6.45) is 2.27. The summed E-state index contributed by atoms with van der Waals surface area (Å²) in [6, 6.07) is 0. The first-order valence-corrected chi connectivity index (χ1v) is 5.56. The first kappa shape index (κ1) is 13.0. The Balaban J connectivity index is 2.41. The van der Waals surface area contributed by atoms with Crippen LogP contribution in [-0.2, 0) is 14.3 Å². The molecule has 0 bridgehead atoms. The molecule has 0 radical (unpaired) electrons. The summed E-state index contributed by atoms with van der Waals surface area (Å²) < 4.78 is 4.40. The molecule has 0 aromatic carbocycles. The van der Waals surface area contributed by atoms with Crippen LogP contribution < -0.4 is 0 Å². The largest absolute Gasteiger partial charge is 0.462 e. The van der Waals surface area contributed by atoms with Crippen LogP contribution in [0.25, 0.3) is 0 Å². The van der Waals surface area contributed by atoms with Gasteiger partial charge in [-0.3, -0.25) is 4.79 Å². The van der Waals surface area contributed by atoms with E-state index in [1.54, 1.807) is 7.05 Å². The molecule has 1 heterocycles. The van der Waals surface area contributed by atoms with E-state index in [2.05, 4.69) is 16.7 Å². The van der Waals surface area contributed by atoms with Crippen molar-refractivity contribution in [2.24, 2.45) is 5.92 Å². The molecule has 1 fully saturated rings. The first-order chi connectivity index (χ1) is 7.54. The van der Waals surface area contributed by atoms with Gasteiger partial charge in [0.15, 0.2) is 0 Å². The van der Waals surface area contributed by atoms with Crippen LogP contribution in [-0.4, -0.2) is 62.5 Å². The molecule has 1 unspecified atom stereocenters. The minimum absolute atomic E-state index is 0.456. The fraction of sp³-hybridized carbons (Fsp3) is 0.818. The number of hydrogen-bond donors (Lipinski definition) is 0. The van der Waals surface area contributed by atoms with E-state index >= 15 is 0 Å². The van der Waals surface area contributed by atoms with Crippen molar-refractivity contribution >= 4 is 11.9 Å². The Hall–Kier alpha value is -1.10. The zero-order valence-corrected chi connectivity index (χ0v) is 10.2. The van der Waals surface area contributed by atoms with E-state index in [0.717, 1.165) is 25.9 Å². The second kappa shape index (κ2) is 5.84. The van der Waals surface area contributed by atoms with Crippen molar-refractivity contribution in [2.45, 2.75) is 12.8 Å². The lowest BCUT2D eigenvalue weighted by atomic mass is 9.98. The highest BCUT2D eigenvalue weighted by atomic mass is 16.5. The van der Waals surface area contributed by atoms with Crippen LogP contribution in [0.1, 0.15) is 12.8 Å². The van der Waals surface area contributed by atoms with Gasteiger partial charge in [0.25, 0.3) is 0 Å². The number of esters is 1. The second-order valence-electron chi connectivity index (χ2n) is 4.45. The predicted octanol–water partition coefficient (Wildman–Crippen LogP) is -0.0404. The monoisotopic (exact) mass is 228 g/mol. The summed E-state index contributed by atoms with van der Waals surface area (Å²) in [7, 11) is 4.95. The number of rotatable bonds is 2. The van der Waals surface area contributed by atoms with E-state index in [0.29, 0.717) is 12.5 Å². The van der Waals surface area contributed by atoms with Gasteiger partial charge in [-0.05, 0) is 32.4 Å². The van der Waals surface area contributed by atoms with Gasteiger partial charge in [0.05, 0.1) is 7.11 Å². The Morgan fingerprint density at radius 3 is 2.75 bits per heavy atom. The van der Waals surface area contributed by atoms with Crippen LogP contribution in [0, 0.1) is 5.92 Å². The molecule has 16 heavy (non-hydrogen) atoms. The number of amides is 1. The summed E-state index contributed by atoms with van der Waals surface area (Å²) in [6.45, 7) is 2.72. The Bertz CT molecular complexity index is 268. The number of likely N-dealkylation sites (tertiary alicyclic amines) is 1. The molecule has 1 amide bonds. The molecular formula is C11H20N2O3. The average molecular weight is 228 g/mol. The van der Waals surface area contributed by atoms with Crippen molar-refractivity contribution in [3.8, 4) is 0 Å². The van der Waals surface area contributed by atoms with Crippen LogP contribution in [0.5, 0.6) is 0 Å². The van der Waals surface area contributed by atoms with E-state index in [4.69, 9.17) is 0 Å². The zero-order valence-electron chi connectivity index (χ0n) is 10.2. The van der Waals surface area contributed by atoms with Gasteiger partial charge in [0.1, 0.15) is 0 Å². The molecule has 0 aromatic heterocycles. The number of piperidine rings is 1. The number of carbonyl (C=O) groups excluding carboxylic acids is 2. The maximum atomic E-state index is 11.5. The number of carbonyl (C=O) groups is 2. The lowest BCUT2D eigenvalue weighted by Crippen LogP contribution is -2.42. The van der Waals surface area contributed by atoms with Crippen LogP contribution in [0.2, 0.25) is 0 Å². The molecule has 0 saturated carbocycles. The molecule has 1 aliphatic heterocycles. The van der Waals surface area contributed by atoms with Crippen molar-refractivity contribution in [3.05, 3.63) is 0 Å². The molecule has 0 spiro atoms. The average Bonchev–Trinajstić information content (AvgIpc) is 2.27. The van der Waals surface area contributed by atoms with E-state index < -0.39 is 11.9 Å². The third-order valence-electron chi connectivity index (χ3n) is 2.96. The normalized spacial score (nSPS) is 21.6. The van der Waals surface area contributed by atoms with Gasteiger partial charge < -0.3 is 14.5 Å². The lowest BCUT2D eigenvalue weighted by Gasteiger charge is -2.32. The van der Waals surface area contributed by atoms with Crippen molar-refractivity contribution < 1.29 is 14.3 Å². The maximum Gasteiger partial charge on any atom is 0.396 e. The fourth-order valence-corrected chi connectivity index (χ4v) is 2.14. The minimum atomic E-state index is -0.785. The molecule has 5 nitrogen and oxygen atoms in total. The Morgan fingerprint density at radius 2 is 2.19 bits per heavy atom. The number of likely N-dealkylation sites (N-methyl/N-ethyl adjacent to an activating group) is 1. The van der Waals surface area contributed by atoms with E-state index in [1.165, 1.54) is 12.0 Å². The maximum absolute atomic E-state index is 11.5. The highest BCUT2D eigenvalue weighted by molar-refractivity contribution is 6.32. The summed E-state index contributed by atoms with van der Waals surface area (Å²) in [5.41, 5.74) is 0. The van der Waals surface area contributed by atoms with E-state index in [1.807, 2.05) is 0 Å². The van der Waals surface area contributed by atoms with E-state index in [-0.39, 0.29) is 0 Å². The zero-order chi connectivity index (χ0) is 12.1. The number of hydrogen-bond acceptors (Lipinski definition) is 4. The fourth-order valence-electron chi connectivity index (χ4n) is 2.14. The Labute approximate surface area is 96.3 Å². The molecule has 1 saturated heterocycles. The summed E-state index contributed by atoms with van der Waals surface area (Å²) in [5.74, 6) is -0.889. The minimum Gasteiger partial charge on any atom is -0.462 e. The molecule has 1 atom stereocenters. The first-order valence-electron chi connectivity index (χ1n) is 5.56. The Kier molecular flexibility index (Phi) is 4.73. The van der Waals surface area contributed by atoms with Gasteiger partial charge in [-0.25, -0.2) is 4.79 Å². The van der Waals surface area contributed by atoms with Crippen LogP contribution in [0.3, 0.4) is 0 Å². The summed E-state index contributed by atoms with van der Waals surface area (Å²) >= 11 is 0. The smallest absolute Gasteiger partial charge is 0.396 e. The second-order valence-corrected chi connectivity index (χ2v) is 4.45. The topological polar surface area (TPSA) is 49.9 Å². The molecule has 1 rings (SSSR count). The molecule has 1 aliphatic rings. The summed E-state index contributed by atoms with van der Waals surface area (Å²) in [4.78, 5) is 26.2. The van der Waals surface area contributed by atoms with Gasteiger partial charge in [-0.1, -0.05) is 0 Å². The predicted molar refractivity (Wildman–Crippen MR) is 59.9 cm³/mol. The van der Waals surface area contributed by atoms with Crippen molar-refractivity contribution in [3.63, 3.8) is 0 Å². The molecule has 0 aromatic rings. The van der Waals surface area contributed by atoms with Gasteiger partial charge in [0.2, 0.25) is 0 Å². The van der Waals surface area contributed by atoms with E-state index in [9.17, 15) is 9.59 Å². The highest BCUT2D eigenvalue weighted by Crippen LogP contribution is 2.15. The van der Waals surface area contributed by atoms with Crippen LogP contribution in [0.15, 0.2) is 0 Å². The molecular weight excluding hydrogens is 208 g/mol. The van der Waals surface area contributed by atoms with Gasteiger partial charge in [-0.15, -0.1) is 0 Å². The van der Waals surface area contributed by atoms with Crippen molar-refractivity contribution in [1.29, 1.82) is 0 Å². The van der Waals surface area contributed by atoms with Crippen molar-refractivity contribution in [1.82, 2.24) is 9.80 Å². The van der Waals surface area contributed by atoms with Crippen molar-refractivity contribution in [2.75, 3.05) is 40.8 Å². The van der Waals surface area contributed by atoms with Crippen LogP contribution >= 0.6 is 0 Å². The quantitative estimate of drug-likeness (QED) is 0.491. The lowest BCUT2D eigenvalue weighted by molar-refractivity contribution is -0.157. The van der Waals surface area contributed by atoms with Gasteiger partial charge >= 0.3 is 11.9 Å². The van der Waals surface area contributed by atoms with Crippen LogP contribution in [0.4, 0.5) is 0 Å². The standard InChI is InChI=1S/C11H20N2O3/c1-12-6-4-5-9(7-12)8-13(2)10(14)11(15)16-3/h9H,4-8H2,1-3H3.